The number of aliphatic hydroxyl groups is 1. The van der Waals surface area contributed by atoms with Crippen molar-refractivity contribution in [3.63, 3.8) is 0 Å². The van der Waals surface area contributed by atoms with Gasteiger partial charge in [-0.15, -0.1) is 0 Å². The normalized spacial score (nSPS) is 15.8. The highest BCUT2D eigenvalue weighted by molar-refractivity contribution is 5.11. The monoisotopic (exact) mass is 183 g/mol. The number of hydrogen-bond donors (Lipinski definition) is 2. The molecule has 0 fully saturated rings. The molecule has 0 aliphatic carbocycles. The first-order valence-corrected chi connectivity index (χ1v) is 4.36. The zero-order chi connectivity index (χ0) is 10.1. The highest BCUT2D eigenvalue weighted by Crippen LogP contribution is 2.12. The Bertz CT molecular complexity index is 291. The van der Waals surface area contributed by atoms with Crippen LogP contribution in [-0.2, 0) is 13.5 Å². The Morgan fingerprint density at radius 2 is 2.31 bits per heavy atom. The van der Waals surface area contributed by atoms with Crippen molar-refractivity contribution < 1.29 is 5.11 Å². The van der Waals surface area contributed by atoms with Crippen molar-refractivity contribution >= 4 is 0 Å². The van der Waals surface area contributed by atoms with Crippen molar-refractivity contribution in [3.05, 3.63) is 17.5 Å². The molecule has 4 heteroatoms. The molecule has 0 aliphatic heterocycles. The molecule has 13 heavy (non-hydrogen) atoms. The van der Waals surface area contributed by atoms with Crippen LogP contribution in [0.25, 0.3) is 0 Å². The lowest BCUT2D eigenvalue weighted by atomic mass is 10.0. The summed E-state index contributed by atoms with van der Waals surface area (Å²) in [6.07, 6.45) is 0.542. The van der Waals surface area contributed by atoms with E-state index in [9.17, 15) is 5.11 Å². The van der Waals surface area contributed by atoms with Crippen molar-refractivity contribution in [3.8, 4) is 0 Å². The summed E-state index contributed by atoms with van der Waals surface area (Å²) in [5, 5.41) is 13.9. The standard InChI is InChI=1S/C9H17N3O/c1-7-4-8(12(3)11-7)5-9(2,13)6-10/h4,13H,5-6,10H2,1-3H3. The van der Waals surface area contributed by atoms with Crippen molar-refractivity contribution in [1.82, 2.24) is 9.78 Å². The number of hydrogen-bond acceptors (Lipinski definition) is 3. The van der Waals surface area contributed by atoms with E-state index < -0.39 is 5.60 Å². The Balaban J connectivity index is 2.79. The molecule has 3 N–H and O–H groups in total. The zero-order valence-corrected chi connectivity index (χ0v) is 8.41. The van der Waals surface area contributed by atoms with E-state index in [1.165, 1.54) is 0 Å². The van der Waals surface area contributed by atoms with Crippen LogP contribution in [0.5, 0.6) is 0 Å². The maximum absolute atomic E-state index is 9.74. The summed E-state index contributed by atoms with van der Waals surface area (Å²) in [6.45, 7) is 3.92. The van der Waals surface area contributed by atoms with E-state index in [-0.39, 0.29) is 6.54 Å². The number of aryl methyl sites for hydroxylation is 2. The van der Waals surface area contributed by atoms with Gasteiger partial charge in [-0.1, -0.05) is 0 Å². The first-order chi connectivity index (χ1) is 5.94. The van der Waals surface area contributed by atoms with Crippen LogP contribution in [0.3, 0.4) is 0 Å². The molecule has 1 unspecified atom stereocenters. The number of rotatable bonds is 3. The molecule has 0 bridgehead atoms. The van der Waals surface area contributed by atoms with E-state index in [1.807, 2.05) is 20.0 Å². The Morgan fingerprint density at radius 1 is 1.69 bits per heavy atom. The molecule has 1 aromatic heterocycles. The van der Waals surface area contributed by atoms with Crippen molar-refractivity contribution in [1.29, 1.82) is 0 Å². The second kappa shape index (κ2) is 3.47. The molecule has 1 atom stereocenters. The molecule has 0 amide bonds. The minimum atomic E-state index is -0.833. The van der Waals surface area contributed by atoms with Gasteiger partial charge >= 0.3 is 0 Å². The molecule has 0 saturated heterocycles. The van der Waals surface area contributed by atoms with E-state index in [1.54, 1.807) is 11.6 Å². The van der Waals surface area contributed by atoms with Gasteiger partial charge < -0.3 is 10.8 Å². The van der Waals surface area contributed by atoms with Gasteiger partial charge in [-0.2, -0.15) is 5.10 Å². The average Bonchev–Trinajstić information content (AvgIpc) is 2.30. The summed E-state index contributed by atoms with van der Waals surface area (Å²) in [5.41, 5.74) is 6.57. The van der Waals surface area contributed by atoms with E-state index in [2.05, 4.69) is 5.10 Å². The Labute approximate surface area is 78.4 Å². The third kappa shape index (κ3) is 2.54. The van der Waals surface area contributed by atoms with Gasteiger partial charge in [-0.05, 0) is 19.9 Å². The fraction of sp³-hybridized carbons (Fsp3) is 0.667. The van der Waals surface area contributed by atoms with Gasteiger partial charge in [-0.3, -0.25) is 4.68 Å². The smallest absolute Gasteiger partial charge is 0.0796 e. The van der Waals surface area contributed by atoms with Gasteiger partial charge in [0.15, 0.2) is 0 Å². The second-order valence-corrected chi connectivity index (χ2v) is 3.78. The van der Waals surface area contributed by atoms with Crippen molar-refractivity contribution in [2.45, 2.75) is 25.9 Å². The molecule has 0 aromatic carbocycles. The summed E-state index contributed by atoms with van der Waals surface area (Å²) < 4.78 is 1.78. The van der Waals surface area contributed by atoms with Crippen LogP contribution in [0.15, 0.2) is 6.07 Å². The molecule has 0 spiro atoms. The largest absolute Gasteiger partial charge is 0.388 e. The second-order valence-electron chi connectivity index (χ2n) is 3.78. The lowest BCUT2D eigenvalue weighted by Crippen LogP contribution is -2.37. The van der Waals surface area contributed by atoms with Gasteiger partial charge in [0.25, 0.3) is 0 Å². The van der Waals surface area contributed by atoms with Crippen LogP contribution < -0.4 is 5.73 Å². The minimum absolute atomic E-state index is 0.261. The summed E-state index contributed by atoms with van der Waals surface area (Å²) in [7, 11) is 1.87. The van der Waals surface area contributed by atoms with E-state index in [0.717, 1.165) is 11.4 Å². The summed E-state index contributed by atoms with van der Waals surface area (Å²) >= 11 is 0. The third-order valence-electron chi connectivity index (χ3n) is 2.10. The molecule has 0 aliphatic rings. The molecule has 0 radical (unpaired) electrons. The molecular formula is C9H17N3O. The van der Waals surface area contributed by atoms with Crippen LogP contribution in [0, 0.1) is 6.92 Å². The van der Waals surface area contributed by atoms with Crippen LogP contribution in [0.2, 0.25) is 0 Å². The quantitative estimate of drug-likeness (QED) is 0.692. The molecule has 1 aromatic rings. The van der Waals surface area contributed by atoms with E-state index in [4.69, 9.17) is 5.73 Å². The van der Waals surface area contributed by atoms with Crippen LogP contribution in [0.1, 0.15) is 18.3 Å². The topological polar surface area (TPSA) is 64.1 Å². The van der Waals surface area contributed by atoms with Crippen molar-refractivity contribution in [2.24, 2.45) is 12.8 Å². The Morgan fingerprint density at radius 3 is 2.69 bits per heavy atom. The van der Waals surface area contributed by atoms with Crippen LogP contribution in [-0.4, -0.2) is 27.0 Å². The molecule has 0 saturated carbocycles. The predicted molar refractivity (Wildman–Crippen MR) is 51.3 cm³/mol. The first kappa shape index (κ1) is 10.2. The van der Waals surface area contributed by atoms with Gasteiger partial charge in [-0.25, -0.2) is 0 Å². The number of aromatic nitrogens is 2. The highest BCUT2D eigenvalue weighted by atomic mass is 16.3. The lowest BCUT2D eigenvalue weighted by Gasteiger charge is -2.20. The van der Waals surface area contributed by atoms with Gasteiger partial charge in [0.2, 0.25) is 0 Å². The van der Waals surface area contributed by atoms with Gasteiger partial charge in [0.05, 0.1) is 11.3 Å². The van der Waals surface area contributed by atoms with Crippen LogP contribution in [0.4, 0.5) is 0 Å². The van der Waals surface area contributed by atoms with Crippen molar-refractivity contribution in [2.75, 3.05) is 6.54 Å². The summed E-state index contributed by atoms with van der Waals surface area (Å²) in [5.74, 6) is 0. The average molecular weight is 183 g/mol. The molecule has 1 rings (SSSR count). The molecular weight excluding hydrogens is 166 g/mol. The minimum Gasteiger partial charge on any atom is -0.388 e. The van der Waals surface area contributed by atoms with Gasteiger partial charge in [0, 0.05) is 25.7 Å². The van der Waals surface area contributed by atoms with E-state index in [0.29, 0.717) is 6.42 Å². The maximum Gasteiger partial charge on any atom is 0.0796 e. The fourth-order valence-corrected chi connectivity index (χ4v) is 1.29. The number of nitrogens with zero attached hydrogens (tertiary/aromatic N) is 2. The summed E-state index contributed by atoms with van der Waals surface area (Å²) in [4.78, 5) is 0. The summed E-state index contributed by atoms with van der Waals surface area (Å²) in [6, 6.07) is 1.96. The lowest BCUT2D eigenvalue weighted by molar-refractivity contribution is 0.0676. The van der Waals surface area contributed by atoms with Crippen LogP contribution >= 0.6 is 0 Å². The molecule has 4 nitrogen and oxygen atoms in total. The maximum atomic E-state index is 9.74. The predicted octanol–water partition coefficient (Wildman–Crippen LogP) is -0.0193. The molecule has 1 heterocycles. The zero-order valence-electron chi connectivity index (χ0n) is 8.41. The number of nitrogens with two attached hydrogens (primary N) is 1. The Hall–Kier alpha value is -0.870. The van der Waals surface area contributed by atoms with E-state index >= 15 is 0 Å². The fourth-order valence-electron chi connectivity index (χ4n) is 1.29. The molecule has 74 valence electrons. The Kier molecular flexibility index (Phi) is 2.73. The SMILES string of the molecule is Cc1cc(CC(C)(O)CN)n(C)n1. The third-order valence-corrected chi connectivity index (χ3v) is 2.10. The first-order valence-electron chi connectivity index (χ1n) is 4.36. The van der Waals surface area contributed by atoms with Gasteiger partial charge in [0.1, 0.15) is 0 Å². The highest BCUT2D eigenvalue weighted by Gasteiger charge is 2.20.